The molecule has 194 valence electrons. The molecule has 2 heterocycles. The average molecular weight is 513 g/mol. The number of anilines is 1. The number of rotatable bonds is 8. The second-order valence-corrected chi connectivity index (χ2v) is 11.8. The number of thiazole rings is 1. The molecule has 1 N–H and O–H groups in total. The highest BCUT2D eigenvalue weighted by molar-refractivity contribution is 7.09. The normalized spacial score (nSPS) is 16.1. The molecule has 1 aliphatic heterocycles. The summed E-state index contributed by atoms with van der Waals surface area (Å²) in [5.74, 6) is 0. The lowest BCUT2D eigenvalue weighted by Gasteiger charge is -2.36. The van der Waals surface area contributed by atoms with Crippen LogP contribution < -0.4 is 5.32 Å². The molecule has 0 amide bonds. The Hall–Kier alpha value is -3.02. The maximum Gasteiger partial charge on any atom is 0.107 e. The van der Waals surface area contributed by atoms with Crippen molar-refractivity contribution in [2.45, 2.75) is 54.0 Å². The first kappa shape index (κ1) is 27.0. The van der Waals surface area contributed by atoms with Gasteiger partial charge in [-0.15, -0.1) is 11.3 Å². The zero-order valence-corrected chi connectivity index (χ0v) is 24.0. The molecule has 5 heteroatoms. The number of likely N-dealkylation sites (tertiary alicyclic amines) is 1. The van der Waals surface area contributed by atoms with Crippen LogP contribution in [0.2, 0.25) is 0 Å². The van der Waals surface area contributed by atoms with E-state index in [1.807, 2.05) is 13.3 Å². The van der Waals surface area contributed by atoms with E-state index in [0.717, 1.165) is 47.3 Å². The van der Waals surface area contributed by atoms with Crippen LogP contribution in [0.25, 0.3) is 22.9 Å². The number of benzene rings is 2. The van der Waals surface area contributed by atoms with Crippen molar-refractivity contribution >= 4 is 35.0 Å². The predicted octanol–water partition coefficient (Wildman–Crippen LogP) is 8.21. The van der Waals surface area contributed by atoms with E-state index in [2.05, 4.69) is 104 Å². The van der Waals surface area contributed by atoms with Crippen LogP contribution in [-0.2, 0) is 6.54 Å². The summed E-state index contributed by atoms with van der Waals surface area (Å²) in [5, 5.41) is 6.85. The molecule has 1 saturated heterocycles. The van der Waals surface area contributed by atoms with Gasteiger partial charge < -0.3 is 5.32 Å². The SMILES string of the molecule is C=C(Nc1cc(-c2cccc(C)c2/C=C\C)cc(C)c1C=NC)c1csc(CN2CCC(C)(C)CC2)n1. The number of nitrogens with one attached hydrogen (secondary N) is 1. The van der Waals surface area contributed by atoms with Crippen LogP contribution in [0.4, 0.5) is 5.69 Å². The number of aromatic nitrogens is 1. The summed E-state index contributed by atoms with van der Waals surface area (Å²) < 4.78 is 0. The summed E-state index contributed by atoms with van der Waals surface area (Å²) in [7, 11) is 1.81. The molecule has 3 aromatic rings. The molecule has 0 unspecified atom stereocenters. The molecule has 0 radical (unpaired) electrons. The Morgan fingerprint density at radius 1 is 1.16 bits per heavy atom. The van der Waals surface area contributed by atoms with Crippen molar-refractivity contribution < 1.29 is 0 Å². The highest BCUT2D eigenvalue weighted by Crippen LogP contribution is 2.34. The summed E-state index contributed by atoms with van der Waals surface area (Å²) in [6, 6.07) is 10.9. The van der Waals surface area contributed by atoms with Gasteiger partial charge in [-0.2, -0.15) is 0 Å². The zero-order valence-electron chi connectivity index (χ0n) is 23.2. The Labute approximate surface area is 226 Å². The minimum absolute atomic E-state index is 0.459. The second-order valence-electron chi connectivity index (χ2n) is 10.8. The molecule has 0 bridgehead atoms. The minimum atomic E-state index is 0.459. The number of hydrogen-bond acceptors (Lipinski definition) is 5. The Balaban J connectivity index is 1.59. The van der Waals surface area contributed by atoms with E-state index in [4.69, 9.17) is 4.98 Å². The average Bonchev–Trinajstić information content (AvgIpc) is 3.32. The summed E-state index contributed by atoms with van der Waals surface area (Å²) >= 11 is 1.72. The van der Waals surface area contributed by atoms with E-state index < -0.39 is 0 Å². The third kappa shape index (κ3) is 6.46. The van der Waals surface area contributed by atoms with Crippen LogP contribution in [0.3, 0.4) is 0 Å². The summed E-state index contributed by atoms with van der Waals surface area (Å²) in [4.78, 5) is 11.8. The van der Waals surface area contributed by atoms with Gasteiger partial charge in [0.25, 0.3) is 0 Å². The lowest BCUT2D eigenvalue weighted by atomic mass is 9.83. The molecule has 4 rings (SSSR count). The molecule has 2 aromatic carbocycles. The number of aliphatic imine (C=N–C) groups is 1. The fraction of sp³-hybridized carbons (Fsp3) is 0.375. The van der Waals surface area contributed by atoms with Crippen molar-refractivity contribution in [3.63, 3.8) is 0 Å². The topological polar surface area (TPSA) is 40.5 Å². The molecule has 0 saturated carbocycles. The molecule has 37 heavy (non-hydrogen) atoms. The van der Waals surface area contributed by atoms with Crippen molar-refractivity contribution in [3.05, 3.63) is 81.3 Å². The van der Waals surface area contributed by atoms with Crippen LogP contribution in [0.5, 0.6) is 0 Å². The maximum atomic E-state index is 4.94. The highest BCUT2D eigenvalue weighted by atomic mass is 32.1. The van der Waals surface area contributed by atoms with E-state index in [1.54, 1.807) is 11.3 Å². The molecule has 1 fully saturated rings. The Bertz CT molecular complexity index is 1320. The Morgan fingerprint density at radius 3 is 2.62 bits per heavy atom. The summed E-state index contributed by atoms with van der Waals surface area (Å²) in [6.45, 7) is 18.7. The first-order chi connectivity index (χ1) is 17.7. The van der Waals surface area contributed by atoms with Gasteiger partial charge >= 0.3 is 0 Å². The standard InChI is InChI=1S/C32H40N4S/c1-8-10-26-22(2)11-9-12-27(26)25-17-23(3)28(19-33-7)29(18-25)34-24(4)30-21-37-31(35-30)20-36-15-13-32(5,6)14-16-36/h8-12,17-19,21,34H,4,13-16,20H2,1-3,5-7H3/b10-8-,33-19?. The first-order valence-corrected chi connectivity index (χ1v) is 14.0. The van der Waals surface area contributed by atoms with Crippen LogP contribution in [0, 0.1) is 19.3 Å². The molecular weight excluding hydrogens is 472 g/mol. The number of allylic oxidation sites excluding steroid dienone is 1. The fourth-order valence-corrected chi connectivity index (χ4v) is 5.79. The molecule has 4 nitrogen and oxygen atoms in total. The Kier molecular flexibility index (Phi) is 8.46. The van der Waals surface area contributed by atoms with Crippen molar-refractivity contribution in [2.24, 2.45) is 10.4 Å². The monoisotopic (exact) mass is 512 g/mol. The third-order valence-electron chi connectivity index (χ3n) is 7.33. The van der Waals surface area contributed by atoms with Crippen LogP contribution in [0.1, 0.15) is 66.6 Å². The fourth-order valence-electron chi connectivity index (χ4n) is 4.93. The molecule has 0 spiro atoms. The van der Waals surface area contributed by atoms with Crippen molar-refractivity contribution in [1.29, 1.82) is 0 Å². The first-order valence-electron chi connectivity index (χ1n) is 13.1. The van der Waals surface area contributed by atoms with Crippen LogP contribution in [-0.4, -0.2) is 36.2 Å². The second kappa shape index (κ2) is 11.6. The van der Waals surface area contributed by atoms with Gasteiger partial charge in [0.2, 0.25) is 0 Å². The third-order valence-corrected chi connectivity index (χ3v) is 8.16. The van der Waals surface area contributed by atoms with Gasteiger partial charge in [0.1, 0.15) is 5.01 Å². The van der Waals surface area contributed by atoms with Gasteiger partial charge in [0.15, 0.2) is 0 Å². The quantitative estimate of drug-likeness (QED) is 0.309. The number of piperidine rings is 1. The highest BCUT2D eigenvalue weighted by Gasteiger charge is 2.25. The van der Waals surface area contributed by atoms with Gasteiger partial charge in [-0.1, -0.05) is 56.8 Å². The Morgan fingerprint density at radius 2 is 1.92 bits per heavy atom. The lowest BCUT2D eigenvalue weighted by molar-refractivity contribution is 0.127. The van der Waals surface area contributed by atoms with Crippen molar-refractivity contribution in [3.8, 4) is 11.1 Å². The van der Waals surface area contributed by atoms with Crippen molar-refractivity contribution in [2.75, 3.05) is 25.5 Å². The van der Waals surface area contributed by atoms with Gasteiger partial charge in [0.05, 0.1) is 17.9 Å². The molecular formula is C32H40N4S. The zero-order chi connectivity index (χ0) is 26.6. The van der Waals surface area contributed by atoms with E-state index >= 15 is 0 Å². The molecule has 1 aliphatic rings. The van der Waals surface area contributed by atoms with Gasteiger partial charge in [-0.3, -0.25) is 9.89 Å². The summed E-state index contributed by atoms with van der Waals surface area (Å²) in [5.41, 5.74) is 10.3. The predicted molar refractivity (Wildman–Crippen MR) is 163 cm³/mol. The van der Waals surface area contributed by atoms with E-state index in [9.17, 15) is 0 Å². The van der Waals surface area contributed by atoms with E-state index in [0.29, 0.717) is 5.41 Å². The van der Waals surface area contributed by atoms with Crippen LogP contribution >= 0.6 is 11.3 Å². The van der Waals surface area contributed by atoms with Gasteiger partial charge in [-0.25, -0.2) is 4.98 Å². The minimum Gasteiger partial charge on any atom is -0.354 e. The van der Waals surface area contributed by atoms with E-state index in [-0.39, 0.29) is 0 Å². The molecule has 0 aliphatic carbocycles. The molecule has 0 atom stereocenters. The van der Waals surface area contributed by atoms with Crippen molar-refractivity contribution in [1.82, 2.24) is 9.88 Å². The van der Waals surface area contributed by atoms with Crippen LogP contribution in [0.15, 0.2) is 53.4 Å². The largest absolute Gasteiger partial charge is 0.354 e. The van der Waals surface area contributed by atoms with E-state index in [1.165, 1.54) is 40.7 Å². The molecule has 1 aromatic heterocycles. The number of aryl methyl sites for hydroxylation is 2. The number of hydrogen-bond donors (Lipinski definition) is 1. The number of nitrogens with zero attached hydrogens (tertiary/aromatic N) is 3. The lowest BCUT2D eigenvalue weighted by Crippen LogP contribution is -2.36. The van der Waals surface area contributed by atoms with Gasteiger partial charge in [-0.05, 0) is 86.0 Å². The summed E-state index contributed by atoms with van der Waals surface area (Å²) in [6.07, 6.45) is 8.69. The smallest absolute Gasteiger partial charge is 0.107 e. The van der Waals surface area contributed by atoms with Gasteiger partial charge in [0, 0.05) is 29.9 Å². The maximum absolute atomic E-state index is 4.94.